The molecular formula is C12H20N4OS. The van der Waals surface area contributed by atoms with Gasteiger partial charge < -0.3 is 10.1 Å². The fourth-order valence-corrected chi connectivity index (χ4v) is 1.66. The lowest BCUT2D eigenvalue weighted by Gasteiger charge is -2.18. The van der Waals surface area contributed by atoms with Crippen molar-refractivity contribution in [2.24, 2.45) is 10.4 Å². The number of nitrogens with one attached hydrogen (secondary N) is 1. The number of aliphatic imine (C=N–C) groups is 1. The Morgan fingerprint density at radius 3 is 2.78 bits per heavy atom. The van der Waals surface area contributed by atoms with Crippen LogP contribution in [0.25, 0.3) is 0 Å². The molecule has 1 N–H and O–H groups in total. The molecule has 0 aliphatic carbocycles. The highest BCUT2D eigenvalue weighted by Gasteiger charge is 2.12. The zero-order chi connectivity index (χ0) is 13.6. The molecule has 1 heterocycles. The average Bonchev–Trinajstić information content (AvgIpc) is 2.33. The third-order valence-electron chi connectivity index (χ3n) is 1.87. The summed E-state index contributed by atoms with van der Waals surface area (Å²) in [5, 5.41) is 4.36. The Morgan fingerprint density at radius 1 is 1.50 bits per heavy atom. The number of thioether (sulfide) groups is 1. The van der Waals surface area contributed by atoms with Gasteiger partial charge in [0, 0.05) is 26.4 Å². The van der Waals surface area contributed by atoms with Crippen molar-refractivity contribution >= 4 is 16.9 Å². The Morgan fingerprint density at radius 2 is 2.22 bits per heavy atom. The molecule has 0 atom stereocenters. The van der Waals surface area contributed by atoms with E-state index in [0.29, 0.717) is 17.6 Å². The van der Waals surface area contributed by atoms with Gasteiger partial charge >= 0.3 is 0 Å². The van der Waals surface area contributed by atoms with Crippen LogP contribution < -0.4 is 10.1 Å². The average molecular weight is 268 g/mol. The lowest BCUT2D eigenvalue weighted by atomic mass is 9.99. The van der Waals surface area contributed by atoms with Gasteiger partial charge in [-0.15, -0.1) is 0 Å². The maximum absolute atomic E-state index is 5.64. The Balaban J connectivity index is 2.68. The normalized spacial score (nSPS) is 12.4. The van der Waals surface area contributed by atoms with Crippen molar-refractivity contribution in [1.82, 2.24) is 15.3 Å². The summed E-state index contributed by atoms with van der Waals surface area (Å²) in [4.78, 5) is 12.6. The van der Waals surface area contributed by atoms with E-state index in [2.05, 4.69) is 41.0 Å². The molecule has 1 aromatic heterocycles. The number of aromatic nitrogens is 2. The number of ether oxygens (including phenoxy) is 1. The molecule has 0 unspecified atom stereocenters. The van der Waals surface area contributed by atoms with Crippen LogP contribution in [0.1, 0.15) is 20.8 Å². The van der Waals surface area contributed by atoms with Gasteiger partial charge in [0.2, 0.25) is 5.88 Å². The largest absolute Gasteiger partial charge is 0.477 e. The van der Waals surface area contributed by atoms with Crippen LogP contribution in [0.4, 0.5) is 0 Å². The summed E-state index contributed by atoms with van der Waals surface area (Å²) in [5.74, 6) is 0.592. The minimum Gasteiger partial charge on any atom is -0.477 e. The number of hydrogen-bond donors (Lipinski definition) is 1. The fraction of sp³-hybridized carbons (Fsp3) is 0.583. The van der Waals surface area contributed by atoms with Gasteiger partial charge in [0.15, 0.2) is 10.3 Å². The van der Waals surface area contributed by atoms with E-state index in [-0.39, 0.29) is 5.41 Å². The molecule has 100 valence electrons. The molecule has 0 aromatic carbocycles. The van der Waals surface area contributed by atoms with Crippen LogP contribution in [0.5, 0.6) is 5.88 Å². The molecule has 18 heavy (non-hydrogen) atoms. The van der Waals surface area contributed by atoms with Gasteiger partial charge in [-0.2, -0.15) is 4.98 Å². The van der Waals surface area contributed by atoms with E-state index in [1.54, 1.807) is 19.3 Å². The molecule has 1 aromatic rings. The lowest BCUT2D eigenvalue weighted by Crippen LogP contribution is -2.18. The summed E-state index contributed by atoms with van der Waals surface area (Å²) in [6.07, 6.45) is 1.69. The fourth-order valence-electron chi connectivity index (χ4n) is 1.04. The first kappa shape index (κ1) is 14.8. The first-order chi connectivity index (χ1) is 8.44. The van der Waals surface area contributed by atoms with Crippen molar-refractivity contribution in [3.63, 3.8) is 0 Å². The topological polar surface area (TPSA) is 59.4 Å². The molecule has 0 fully saturated rings. The molecule has 5 nitrogen and oxygen atoms in total. The standard InChI is InChI=1S/C12H20N4OS/c1-12(2,3)8-17-9-6-7-15-11(16-9)18-10(13-4)14-5/h6-7H,8H2,1-5H3,(H,13,14). The van der Waals surface area contributed by atoms with Gasteiger partial charge in [0.1, 0.15) is 0 Å². The highest BCUT2D eigenvalue weighted by atomic mass is 32.2. The monoisotopic (exact) mass is 268 g/mol. The molecule has 0 saturated carbocycles. The number of hydrogen-bond acceptors (Lipinski definition) is 5. The zero-order valence-corrected chi connectivity index (χ0v) is 12.3. The molecule has 0 radical (unpaired) electrons. The number of rotatable bonds is 3. The quantitative estimate of drug-likeness (QED) is 0.394. The Hall–Kier alpha value is -1.30. The third kappa shape index (κ3) is 5.35. The smallest absolute Gasteiger partial charge is 0.217 e. The summed E-state index contributed by atoms with van der Waals surface area (Å²) >= 11 is 1.37. The van der Waals surface area contributed by atoms with Crippen molar-refractivity contribution in [2.75, 3.05) is 20.7 Å². The molecule has 0 spiro atoms. The summed E-state index contributed by atoms with van der Waals surface area (Å²) < 4.78 is 5.64. The van der Waals surface area contributed by atoms with Gasteiger partial charge in [0.25, 0.3) is 0 Å². The van der Waals surface area contributed by atoms with E-state index < -0.39 is 0 Å². The second kappa shape index (κ2) is 6.58. The third-order valence-corrected chi connectivity index (χ3v) is 2.83. The molecular weight excluding hydrogens is 248 g/mol. The van der Waals surface area contributed by atoms with E-state index in [4.69, 9.17) is 4.74 Å². The van der Waals surface area contributed by atoms with E-state index in [0.717, 1.165) is 5.17 Å². The Kier molecular flexibility index (Phi) is 5.40. The van der Waals surface area contributed by atoms with Crippen molar-refractivity contribution in [1.29, 1.82) is 0 Å². The molecule has 0 aliphatic heterocycles. The first-order valence-electron chi connectivity index (χ1n) is 5.73. The van der Waals surface area contributed by atoms with Crippen LogP contribution in [0, 0.1) is 5.41 Å². The summed E-state index contributed by atoms with van der Waals surface area (Å²) in [6, 6.07) is 1.76. The summed E-state index contributed by atoms with van der Waals surface area (Å²) in [6.45, 7) is 6.97. The molecule has 0 saturated heterocycles. The number of nitrogens with zero attached hydrogens (tertiary/aromatic N) is 3. The predicted octanol–water partition coefficient (Wildman–Crippen LogP) is 2.20. The Labute approximate surface area is 112 Å². The summed E-state index contributed by atoms with van der Waals surface area (Å²) in [5.41, 5.74) is 0.110. The number of amidine groups is 1. The first-order valence-corrected chi connectivity index (χ1v) is 6.54. The maximum atomic E-state index is 5.64. The second-order valence-electron chi connectivity index (χ2n) is 4.91. The highest BCUT2D eigenvalue weighted by Crippen LogP contribution is 2.19. The molecule has 1 rings (SSSR count). The van der Waals surface area contributed by atoms with Crippen LogP contribution in [-0.4, -0.2) is 35.8 Å². The van der Waals surface area contributed by atoms with E-state index in [1.165, 1.54) is 11.8 Å². The van der Waals surface area contributed by atoms with Crippen LogP contribution in [0.2, 0.25) is 0 Å². The SMILES string of the molecule is CN=C(NC)Sc1nccc(OCC(C)(C)C)n1. The molecule has 6 heteroatoms. The maximum Gasteiger partial charge on any atom is 0.217 e. The van der Waals surface area contributed by atoms with Gasteiger partial charge in [-0.1, -0.05) is 20.8 Å². The van der Waals surface area contributed by atoms with Gasteiger partial charge in [-0.3, -0.25) is 4.99 Å². The highest BCUT2D eigenvalue weighted by molar-refractivity contribution is 8.13. The lowest BCUT2D eigenvalue weighted by molar-refractivity contribution is 0.190. The summed E-state index contributed by atoms with van der Waals surface area (Å²) in [7, 11) is 3.54. The van der Waals surface area contributed by atoms with Crippen LogP contribution in [0.3, 0.4) is 0 Å². The molecule has 0 amide bonds. The zero-order valence-electron chi connectivity index (χ0n) is 11.5. The van der Waals surface area contributed by atoms with E-state index >= 15 is 0 Å². The van der Waals surface area contributed by atoms with Crippen molar-refractivity contribution in [3.05, 3.63) is 12.3 Å². The molecule has 0 aliphatic rings. The molecule has 0 bridgehead atoms. The van der Waals surface area contributed by atoms with Crippen LogP contribution >= 0.6 is 11.8 Å². The second-order valence-corrected chi connectivity index (χ2v) is 5.86. The Bertz CT molecular complexity index is 415. The van der Waals surface area contributed by atoms with Gasteiger partial charge in [0.05, 0.1) is 6.61 Å². The van der Waals surface area contributed by atoms with Gasteiger partial charge in [-0.25, -0.2) is 4.98 Å². The van der Waals surface area contributed by atoms with Crippen molar-refractivity contribution in [3.8, 4) is 5.88 Å². The van der Waals surface area contributed by atoms with Crippen LogP contribution in [0.15, 0.2) is 22.4 Å². The minimum absolute atomic E-state index is 0.110. The van der Waals surface area contributed by atoms with Gasteiger partial charge in [-0.05, 0) is 17.2 Å². The van der Waals surface area contributed by atoms with E-state index in [9.17, 15) is 0 Å². The predicted molar refractivity (Wildman–Crippen MR) is 75.3 cm³/mol. The minimum atomic E-state index is 0.110. The van der Waals surface area contributed by atoms with Crippen LogP contribution in [-0.2, 0) is 0 Å². The van der Waals surface area contributed by atoms with Crippen molar-refractivity contribution < 1.29 is 4.74 Å². The van der Waals surface area contributed by atoms with Crippen molar-refractivity contribution in [2.45, 2.75) is 25.9 Å². The van der Waals surface area contributed by atoms with E-state index in [1.807, 2.05) is 7.05 Å².